The van der Waals surface area contributed by atoms with Gasteiger partial charge in [-0.25, -0.2) is 9.86 Å². The van der Waals surface area contributed by atoms with Gasteiger partial charge < -0.3 is 15.2 Å². The molecular weight excluding hydrogens is 294 g/mol. The van der Waals surface area contributed by atoms with Gasteiger partial charge in [0.2, 0.25) is 0 Å². The fourth-order valence-corrected chi connectivity index (χ4v) is 3.08. The topological polar surface area (TPSA) is 123 Å². The number of rotatable bonds is 4. The first kappa shape index (κ1) is 15.8. The summed E-state index contributed by atoms with van der Waals surface area (Å²) in [6.07, 6.45) is 3.39. The first-order chi connectivity index (χ1) is 9.76. The number of nitrogens with one attached hydrogen (secondary N) is 1. The summed E-state index contributed by atoms with van der Waals surface area (Å²) in [5.74, 6) is -0.0202. The zero-order valence-corrected chi connectivity index (χ0v) is 12.8. The van der Waals surface area contributed by atoms with Gasteiger partial charge in [0.1, 0.15) is 5.69 Å². The van der Waals surface area contributed by atoms with Crippen LogP contribution in [0.25, 0.3) is 0 Å². The molecule has 1 aromatic heterocycles. The standard InChI is InChI=1S/C12H21N5O3S/c1-16-8-10(13)5-11(16)12(18)17-4-2-3-9(7-17)6-15-21(14,19)20/h5,8-9,15H,2-4,6-7,13H2,1H3,(H2,14,19,20). The number of hydrogen-bond acceptors (Lipinski definition) is 4. The largest absolute Gasteiger partial charge is 0.397 e. The summed E-state index contributed by atoms with van der Waals surface area (Å²) in [6, 6.07) is 1.65. The van der Waals surface area contributed by atoms with Gasteiger partial charge in [-0.05, 0) is 24.8 Å². The highest BCUT2D eigenvalue weighted by Gasteiger charge is 2.26. The smallest absolute Gasteiger partial charge is 0.274 e. The molecule has 0 saturated carbocycles. The van der Waals surface area contributed by atoms with Crippen molar-refractivity contribution in [2.75, 3.05) is 25.4 Å². The summed E-state index contributed by atoms with van der Waals surface area (Å²) in [5, 5.41) is 4.92. The molecule has 0 aliphatic carbocycles. The maximum Gasteiger partial charge on any atom is 0.274 e. The fourth-order valence-electron chi connectivity index (χ4n) is 2.61. The average molecular weight is 315 g/mol. The van der Waals surface area contributed by atoms with Crippen molar-refractivity contribution in [2.45, 2.75) is 12.8 Å². The van der Waals surface area contributed by atoms with Crippen LogP contribution in [0.4, 0.5) is 5.69 Å². The van der Waals surface area contributed by atoms with Crippen molar-refractivity contribution in [3.8, 4) is 0 Å². The third-order valence-corrected chi connectivity index (χ3v) is 4.19. The molecule has 1 aliphatic rings. The third kappa shape index (κ3) is 4.19. The SMILES string of the molecule is Cn1cc(N)cc1C(=O)N1CCCC(CNS(N)(=O)=O)C1. The quantitative estimate of drug-likeness (QED) is 0.676. The van der Waals surface area contributed by atoms with Gasteiger partial charge in [0.25, 0.3) is 16.1 Å². The Labute approximate surface area is 124 Å². The lowest BCUT2D eigenvalue weighted by Gasteiger charge is -2.32. The van der Waals surface area contributed by atoms with Crippen molar-refractivity contribution in [2.24, 2.45) is 18.1 Å². The Hall–Kier alpha value is -1.58. The summed E-state index contributed by atoms with van der Waals surface area (Å²) < 4.78 is 25.8. The van der Waals surface area contributed by atoms with Gasteiger partial charge in [-0.2, -0.15) is 8.42 Å². The molecule has 8 nitrogen and oxygen atoms in total. The molecule has 0 radical (unpaired) electrons. The molecule has 1 unspecified atom stereocenters. The van der Waals surface area contributed by atoms with E-state index in [1.54, 1.807) is 28.8 Å². The predicted octanol–water partition coefficient (Wildman–Crippen LogP) is -0.747. The van der Waals surface area contributed by atoms with Crippen LogP contribution in [-0.4, -0.2) is 43.4 Å². The zero-order chi connectivity index (χ0) is 15.6. The molecule has 2 heterocycles. The Morgan fingerprint density at radius 2 is 2.24 bits per heavy atom. The Kier molecular flexibility index (Phi) is 4.55. The molecule has 118 valence electrons. The van der Waals surface area contributed by atoms with E-state index in [2.05, 4.69) is 4.72 Å². The lowest BCUT2D eigenvalue weighted by Crippen LogP contribution is -2.45. The van der Waals surface area contributed by atoms with E-state index in [9.17, 15) is 13.2 Å². The third-order valence-electron chi connectivity index (χ3n) is 3.62. The average Bonchev–Trinajstić information content (AvgIpc) is 2.74. The van der Waals surface area contributed by atoms with E-state index in [1.165, 1.54) is 0 Å². The van der Waals surface area contributed by atoms with Crippen LogP contribution < -0.4 is 15.6 Å². The molecule has 1 aliphatic heterocycles. The number of amides is 1. The summed E-state index contributed by atoms with van der Waals surface area (Å²) in [7, 11) is -1.92. The lowest BCUT2D eigenvalue weighted by atomic mass is 9.98. The molecule has 0 spiro atoms. The van der Waals surface area contributed by atoms with E-state index >= 15 is 0 Å². The minimum atomic E-state index is -3.69. The van der Waals surface area contributed by atoms with Crippen LogP contribution in [0, 0.1) is 5.92 Å². The molecule has 1 atom stereocenters. The van der Waals surface area contributed by atoms with Crippen molar-refractivity contribution in [1.29, 1.82) is 0 Å². The maximum absolute atomic E-state index is 12.5. The van der Waals surface area contributed by atoms with Crippen LogP contribution in [0.2, 0.25) is 0 Å². The first-order valence-electron chi connectivity index (χ1n) is 6.75. The summed E-state index contributed by atoms with van der Waals surface area (Å²) in [5.41, 5.74) is 6.77. The molecule has 21 heavy (non-hydrogen) atoms. The number of aromatic nitrogens is 1. The zero-order valence-electron chi connectivity index (χ0n) is 11.9. The fraction of sp³-hybridized carbons (Fsp3) is 0.583. The van der Waals surface area contributed by atoms with Crippen molar-refractivity contribution in [3.05, 3.63) is 18.0 Å². The molecule has 0 aromatic carbocycles. The second kappa shape index (κ2) is 6.04. The number of carbonyl (C=O) groups is 1. The maximum atomic E-state index is 12.5. The number of nitrogens with two attached hydrogens (primary N) is 2. The van der Waals surface area contributed by atoms with E-state index in [-0.39, 0.29) is 18.4 Å². The van der Waals surface area contributed by atoms with E-state index in [4.69, 9.17) is 10.9 Å². The summed E-state index contributed by atoms with van der Waals surface area (Å²) in [4.78, 5) is 14.2. The van der Waals surface area contributed by atoms with Crippen LogP contribution >= 0.6 is 0 Å². The van der Waals surface area contributed by atoms with Crippen LogP contribution in [-0.2, 0) is 17.3 Å². The van der Waals surface area contributed by atoms with Crippen molar-refractivity contribution in [1.82, 2.24) is 14.2 Å². The number of aryl methyl sites for hydroxylation is 1. The van der Waals surface area contributed by atoms with Gasteiger partial charge in [0, 0.05) is 32.9 Å². The Morgan fingerprint density at radius 3 is 2.81 bits per heavy atom. The van der Waals surface area contributed by atoms with Crippen LogP contribution in [0.3, 0.4) is 0 Å². The number of hydrogen-bond donors (Lipinski definition) is 3. The van der Waals surface area contributed by atoms with Gasteiger partial charge in [-0.15, -0.1) is 0 Å². The molecule has 9 heteroatoms. The normalized spacial score (nSPS) is 19.7. The number of nitrogens with zero attached hydrogens (tertiary/aromatic N) is 2. The Balaban J connectivity index is 2.00. The van der Waals surface area contributed by atoms with Gasteiger partial charge in [0.05, 0.1) is 5.69 Å². The highest BCUT2D eigenvalue weighted by molar-refractivity contribution is 7.87. The molecule has 1 fully saturated rings. The second-order valence-electron chi connectivity index (χ2n) is 5.42. The number of nitrogen functional groups attached to an aromatic ring is 1. The minimum Gasteiger partial charge on any atom is -0.397 e. The number of likely N-dealkylation sites (tertiary alicyclic amines) is 1. The second-order valence-corrected chi connectivity index (χ2v) is 6.80. The predicted molar refractivity (Wildman–Crippen MR) is 79.6 cm³/mol. The molecule has 1 saturated heterocycles. The highest BCUT2D eigenvalue weighted by Crippen LogP contribution is 2.19. The van der Waals surface area contributed by atoms with E-state index in [0.717, 1.165) is 12.8 Å². The lowest BCUT2D eigenvalue weighted by molar-refractivity contribution is 0.0666. The van der Waals surface area contributed by atoms with Gasteiger partial charge in [0.15, 0.2) is 0 Å². The number of carbonyl (C=O) groups excluding carboxylic acids is 1. The Bertz CT molecular complexity index is 625. The Morgan fingerprint density at radius 1 is 1.52 bits per heavy atom. The number of anilines is 1. The molecule has 1 amide bonds. The van der Waals surface area contributed by atoms with Gasteiger partial charge >= 0.3 is 0 Å². The van der Waals surface area contributed by atoms with Crippen molar-refractivity contribution >= 4 is 21.8 Å². The van der Waals surface area contributed by atoms with E-state index in [1.807, 2.05) is 0 Å². The molecular formula is C12H21N5O3S. The molecule has 5 N–H and O–H groups in total. The summed E-state index contributed by atoms with van der Waals surface area (Å²) >= 11 is 0. The van der Waals surface area contributed by atoms with Gasteiger partial charge in [-0.3, -0.25) is 4.79 Å². The van der Waals surface area contributed by atoms with E-state index in [0.29, 0.717) is 24.5 Å². The molecule has 1 aromatic rings. The van der Waals surface area contributed by atoms with Crippen LogP contribution in [0.5, 0.6) is 0 Å². The van der Waals surface area contributed by atoms with E-state index < -0.39 is 10.2 Å². The first-order valence-corrected chi connectivity index (χ1v) is 8.29. The number of piperidine rings is 1. The molecule has 0 bridgehead atoms. The monoisotopic (exact) mass is 315 g/mol. The van der Waals surface area contributed by atoms with Crippen molar-refractivity contribution in [3.63, 3.8) is 0 Å². The van der Waals surface area contributed by atoms with Crippen molar-refractivity contribution < 1.29 is 13.2 Å². The van der Waals surface area contributed by atoms with Gasteiger partial charge in [-0.1, -0.05) is 0 Å². The van der Waals surface area contributed by atoms with Crippen LogP contribution in [0.15, 0.2) is 12.3 Å². The van der Waals surface area contributed by atoms with Crippen LogP contribution in [0.1, 0.15) is 23.3 Å². The molecule has 2 rings (SSSR count). The highest BCUT2D eigenvalue weighted by atomic mass is 32.2. The summed E-state index contributed by atoms with van der Waals surface area (Å²) in [6.45, 7) is 1.42. The minimum absolute atomic E-state index is 0.0682.